The first-order chi connectivity index (χ1) is 9.49. The van der Waals surface area contributed by atoms with Gasteiger partial charge in [-0.3, -0.25) is 0 Å². The summed E-state index contributed by atoms with van der Waals surface area (Å²) in [6.45, 7) is 3.58. The topological polar surface area (TPSA) is 83.5 Å². The summed E-state index contributed by atoms with van der Waals surface area (Å²) >= 11 is 0. The first kappa shape index (κ1) is 14.8. The maximum Gasteiger partial charge on any atom is 0.240 e. The van der Waals surface area contributed by atoms with Crippen molar-refractivity contribution in [3.8, 4) is 5.75 Å². The van der Waals surface area contributed by atoms with E-state index in [1.54, 1.807) is 6.07 Å². The van der Waals surface area contributed by atoms with Crippen LogP contribution in [0.25, 0.3) is 10.9 Å². The maximum atomic E-state index is 11.7. The summed E-state index contributed by atoms with van der Waals surface area (Å²) in [7, 11) is -2.31. The van der Waals surface area contributed by atoms with Crippen molar-refractivity contribution < 1.29 is 17.9 Å². The molecule has 0 spiro atoms. The maximum absolute atomic E-state index is 11.7. The summed E-state index contributed by atoms with van der Waals surface area (Å²) < 4.78 is 35.8. The molecule has 0 unspecified atom stereocenters. The fourth-order valence-electron chi connectivity index (χ4n) is 2.16. The van der Waals surface area contributed by atoms with E-state index in [1.165, 1.54) is 13.3 Å². The second-order valence-corrected chi connectivity index (χ2v) is 5.81. The molecule has 0 radical (unpaired) electrons. The fourth-order valence-corrected chi connectivity index (χ4v) is 2.92. The van der Waals surface area contributed by atoms with E-state index in [-0.39, 0.29) is 4.90 Å². The molecule has 0 atom stereocenters. The molecule has 0 bridgehead atoms. The van der Waals surface area contributed by atoms with Crippen molar-refractivity contribution >= 4 is 20.9 Å². The van der Waals surface area contributed by atoms with Crippen LogP contribution in [0.5, 0.6) is 5.75 Å². The Labute approximate surface area is 118 Å². The van der Waals surface area contributed by atoms with Crippen molar-refractivity contribution in [1.29, 1.82) is 0 Å². The van der Waals surface area contributed by atoms with Crippen molar-refractivity contribution in [3.05, 3.63) is 24.4 Å². The van der Waals surface area contributed by atoms with Gasteiger partial charge in [0.05, 0.1) is 24.6 Å². The average Bonchev–Trinajstić information content (AvgIpc) is 2.78. The number of methoxy groups -OCH3 is 1. The van der Waals surface area contributed by atoms with E-state index in [0.29, 0.717) is 30.9 Å². The summed E-state index contributed by atoms with van der Waals surface area (Å²) in [6, 6.07) is 5.35. The number of hydrogen-bond acceptors (Lipinski definition) is 4. The van der Waals surface area contributed by atoms with Crippen molar-refractivity contribution in [2.24, 2.45) is 5.14 Å². The van der Waals surface area contributed by atoms with Gasteiger partial charge in [0.1, 0.15) is 10.6 Å². The van der Waals surface area contributed by atoms with Crippen LogP contribution in [0, 0.1) is 0 Å². The third-order valence-corrected chi connectivity index (χ3v) is 3.96. The molecule has 0 amide bonds. The first-order valence-electron chi connectivity index (χ1n) is 6.25. The zero-order valence-electron chi connectivity index (χ0n) is 11.5. The lowest BCUT2D eigenvalue weighted by Crippen LogP contribution is -2.12. The highest BCUT2D eigenvalue weighted by Gasteiger charge is 2.20. The number of fused-ring (bicyclic) bond motifs is 1. The fraction of sp³-hybridized carbons (Fsp3) is 0.385. The Bertz CT molecular complexity index is 706. The number of primary sulfonamides is 1. The van der Waals surface area contributed by atoms with Crippen LogP contribution in [-0.4, -0.2) is 33.3 Å². The molecule has 1 heterocycles. The molecule has 0 saturated carbocycles. The quantitative estimate of drug-likeness (QED) is 0.816. The second-order valence-electron chi connectivity index (χ2n) is 4.28. The molecule has 1 aromatic heterocycles. The minimum Gasteiger partial charge on any atom is -0.496 e. The number of hydrogen-bond donors (Lipinski definition) is 1. The molecular weight excluding hydrogens is 280 g/mol. The molecule has 2 N–H and O–H groups in total. The van der Waals surface area contributed by atoms with Gasteiger partial charge in [0, 0.05) is 19.3 Å². The Morgan fingerprint density at radius 3 is 2.70 bits per heavy atom. The Hall–Kier alpha value is -1.57. The Kier molecular flexibility index (Phi) is 4.32. The number of rotatable bonds is 6. The molecule has 0 aliphatic rings. The number of nitrogens with two attached hydrogens (primary N) is 1. The Morgan fingerprint density at radius 1 is 1.35 bits per heavy atom. The molecule has 7 heteroatoms. The molecule has 0 aliphatic heterocycles. The zero-order valence-corrected chi connectivity index (χ0v) is 12.3. The summed E-state index contributed by atoms with van der Waals surface area (Å²) in [4.78, 5) is 0.0708. The molecule has 0 aliphatic carbocycles. The standard InChI is InChI=1S/C13H18N2O4S/c1-3-19-8-7-15-9-12(20(14,16)17)13-10(15)5-4-6-11(13)18-2/h4-6,9H,3,7-8H2,1-2H3,(H2,14,16,17). The molecule has 20 heavy (non-hydrogen) atoms. The van der Waals surface area contributed by atoms with Crippen molar-refractivity contribution in [1.82, 2.24) is 4.57 Å². The lowest BCUT2D eigenvalue weighted by Gasteiger charge is -2.06. The van der Waals surface area contributed by atoms with E-state index < -0.39 is 10.0 Å². The molecule has 2 rings (SSSR count). The molecule has 0 fully saturated rings. The molecule has 1 aromatic carbocycles. The van der Waals surface area contributed by atoms with Crippen LogP contribution >= 0.6 is 0 Å². The number of ether oxygens (including phenoxy) is 2. The normalized spacial score (nSPS) is 11.9. The Balaban J connectivity index is 2.61. The van der Waals surface area contributed by atoms with Gasteiger partial charge in [0.15, 0.2) is 0 Å². The van der Waals surface area contributed by atoms with E-state index in [2.05, 4.69) is 0 Å². The number of sulfonamides is 1. The van der Waals surface area contributed by atoms with Crippen LogP contribution < -0.4 is 9.88 Å². The lowest BCUT2D eigenvalue weighted by molar-refractivity contribution is 0.140. The van der Waals surface area contributed by atoms with Crippen LogP contribution in [0.4, 0.5) is 0 Å². The van der Waals surface area contributed by atoms with Crippen LogP contribution in [0.15, 0.2) is 29.3 Å². The van der Waals surface area contributed by atoms with Crippen LogP contribution in [0.1, 0.15) is 6.92 Å². The second kappa shape index (κ2) is 5.82. The van der Waals surface area contributed by atoms with Crippen LogP contribution in [0.3, 0.4) is 0 Å². The monoisotopic (exact) mass is 298 g/mol. The van der Waals surface area contributed by atoms with Gasteiger partial charge in [0.25, 0.3) is 0 Å². The first-order valence-corrected chi connectivity index (χ1v) is 7.80. The van der Waals surface area contributed by atoms with Crippen LogP contribution in [-0.2, 0) is 21.3 Å². The predicted molar refractivity (Wildman–Crippen MR) is 76.4 cm³/mol. The summed E-state index contributed by atoms with van der Waals surface area (Å²) in [5, 5.41) is 5.80. The highest BCUT2D eigenvalue weighted by Crippen LogP contribution is 2.32. The van der Waals surface area contributed by atoms with Gasteiger partial charge in [-0.1, -0.05) is 6.07 Å². The van der Waals surface area contributed by atoms with E-state index in [9.17, 15) is 8.42 Å². The molecule has 0 saturated heterocycles. The van der Waals surface area contributed by atoms with Gasteiger partial charge in [0.2, 0.25) is 10.0 Å². The third kappa shape index (κ3) is 2.79. The van der Waals surface area contributed by atoms with E-state index in [0.717, 1.165) is 5.52 Å². The highest BCUT2D eigenvalue weighted by molar-refractivity contribution is 7.89. The number of benzene rings is 1. The van der Waals surface area contributed by atoms with Gasteiger partial charge in [-0.05, 0) is 19.1 Å². The lowest BCUT2D eigenvalue weighted by atomic mass is 10.2. The van der Waals surface area contributed by atoms with Gasteiger partial charge < -0.3 is 14.0 Å². The van der Waals surface area contributed by atoms with Gasteiger partial charge in [-0.25, -0.2) is 13.6 Å². The van der Waals surface area contributed by atoms with Crippen molar-refractivity contribution in [2.75, 3.05) is 20.3 Å². The highest BCUT2D eigenvalue weighted by atomic mass is 32.2. The van der Waals surface area contributed by atoms with Crippen LogP contribution in [0.2, 0.25) is 0 Å². The third-order valence-electron chi connectivity index (χ3n) is 3.04. The summed E-state index contributed by atoms with van der Waals surface area (Å²) in [5.74, 6) is 0.488. The van der Waals surface area contributed by atoms with E-state index in [1.807, 2.05) is 23.6 Å². The minimum absolute atomic E-state index is 0.0708. The molecular formula is C13H18N2O4S. The summed E-state index contributed by atoms with van der Waals surface area (Å²) in [6.07, 6.45) is 1.53. The van der Waals surface area contributed by atoms with Gasteiger partial charge >= 0.3 is 0 Å². The van der Waals surface area contributed by atoms with Crippen molar-refractivity contribution in [2.45, 2.75) is 18.4 Å². The SMILES string of the molecule is CCOCCn1cc(S(N)(=O)=O)c2c(OC)cccc21. The Morgan fingerprint density at radius 2 is 2.10 bits per heavy atom. The van der Waals surface area contributed by atoms with Gasteiger partial charge in [-0.15, -0.1) is 0 Å². The summed E-state index contributed by atoms with van der Waals surface area (Å²) in [5.41, 5.74) is 0.757. The number of aromatic nitrogens is 1. The minimum atomic E-state index is -3.81. The largest absolute Gasteiger partial charge is 0.496 e. The van der Waals surface area contributed by atoms with Gasteiger partial charge in [-0.2, -0.15) is 0 Å². The molecule has 2 aromatic rings. The van der Waals surface area contributed by atoms with E-state index in [4.69, 9.17) is 14.6 Å². The average molecular weight is 298 g/mol. The van der Waals surface area contributed by atoms with Crippen molar-refractivity contribution in [3.63, 3.8) is 0 Å². The molecule has 110 valence electrons. The number of nitrogens with zero attached hydrogens (tertiary/aromatic N) is 1. The zero-order chi connectivity index (χ0) is 14.8. The smallest absolute Gasteiger partial charge is 0.240 e. The molecule has 6 nitrogen and oxygen atoms in total. The predicted octanol–water partition coefficient (Wildman–Crippen LogP) is 1.33. The van der Waals surface area contributed by atoms with E-state index >= 15 is 0 Å².